The van der Waals surface area contributed by atoms with Gasteiger partial charge in [-0.05, 0) is 6.42 Å². The minimum atomic E-state index is -2.74. The molecule has 0 aromatic heterocycles. The number of alkyl halides is 2. The molecule has 0 unspecified atom stereocenters. The first-order valence-corrected chi connectivity index (χ1v) is 5.12. The second-order valence-electron chi connectivity index (χ2n) is 4.06. The first-order valence-electron chi connectivity index (χ1n) is 5.12. The van der Waals surface area contributed by atoms with E-state index in [-0.39, 0.29) is 5.91 Å². The molecule has 0 radical (unpaired) electrons. The molecule has 2 fully saturated rings. The average molecular weight is 230 g/mol. The molecule has 0 atom stereocenters. The molecular formula is C10H12F2N2O2. The van der Waals surface area contributed by atoms with Crippen molar-refractivity contribution in [3.8, 4) is 0 Å². The third-order valence-electron chi connectivity index (χ3n) is 2.66. The van der Waals surface area contributed by atoms with Crippen LogP contribution in [0.2, 0.25) is 0 Å². The Morgan fingerprint density at radius 2 is 2.06 bits per heavy atom. The lowest BCUT2D eigenvalue weighted by atomic mass is 10.1. The summed E-state index contributed by atoms with van der Waals surface area (Å²) < 4.78 is 24.9. The number of amides is 2. The minimum absolute atomic E-state index is 0.0296. The normalized spacial score (nSPS) is 24.0. The Labute approximate surface area is 91.5 Å². The van der Waals surface area contributed by atoms with Crippen LogP contribution in [0, 0.1) is 0 Å². The van der Waals surface area contributed by atoms with Gasteiger partial charge in [-0.25, -0.2) is 8.78 Å². The smallest absolute Gasteiger partial charge is 0.282 e. The van der Waals surface area contributed by atoms with Crippen molar-refractivity contribution < 1.29 is 18.4 Å². The first kappa shape index (κ1) is 11.0. The maximum atomic E-state index is 12.5. The SMILES string of the molecule is O=C1CCCN1C=CC(=O)N1CC(F)(F)C1. The van der Waals surface area contributed by atoms with Gasteiger partial charge in [0.25, 0.3) is 5.92 Å². The number of halogens is 2. The van der Waals surface area contributed by atoms with Crippen molar-refractivity contribution in [1.29, 1.82) is 0 Å². The highest BCUT2D eigenvalue weighted by Gasteiger charge is 2.45. The quantitative estimate of drug-likeness (QED) is 0.652. The fourth-order valence-electron chi connectivity index (χ4n) is 1.75. The summed E-state index contributed by atoms with van der Waals surface area (Å²) in [7, 11) is 0. The van der Waals surface area contributed by atoms with Crippen LogP contribution in [0.3, 0.4) is 0 Å². The molecule has 0 aliphatic carbocycles. The molecule has 4 nitrogen and oxygen atoms in total. The summed E-state index contributed by atoms with van der Waals surface area (Å²) >= 11 is 0. The van der Waals surface area contributed by atoms with E-state index in [2.05, 4.69) is 0 Å². The zero-order valence-corrected chi connectivity index (χ0v) is 8.66. The van der Waals surface area contributed by atoms with E-state index in [1.54, 1.807) is 0 Å². The monoisotopic (exact) mass is 230 g/mol. The molecule has 6 heteroatoms. The van der Waals surface area contributed by atoms with Crippen LogP contribution in [0.25, 0.3) is 0 Å². The number of hydrogen-bond acceptors (Lipinski definition) is 2. The second-order valence-corrected chi connectivity index (χ2v) is 4.06. The Balaban J connectivity index is 1.84. The third-order valence-corrected chi connectivity index (χ3v) is 2.66. The van der Waals surface area contributed by atoms with Crippen LogP contribution >= 0.6 is 0 Å². The van der Waals surface area contributed by atoms with E-state index in [1.807, 2.05) is 0 Å². The number of carbonyl (C=O) groups excluding carboxylic acids is 2. The Hall–Kier alpha value is -1.46. The van der Waals surface area contributed by atoms with Crippen LogP contribution in [0.15, 0.2) is 12.3 Å². The molecule has 0 N–H and O–H groups in total. The number of carbonyl (C=O) groups is 2. The van der Waals surface area contributed by atoms with Crippen LogP contribution in [-0.2, 0) is 9.59 Å². The lowest BCUT2D eigenvalue weighted by molar-refractivity contribution is -0.160. The molecule has 2 saturated heterocycles. The standard InChI is InChI=1S/C10H12F2N2O2/c11-10(12)6-14(7-10)9(16)3-5-13-4-1-2-8(13)15/h3,5H,1-2,4,6-7H2. The molecular weight excluding hydrogens is 218 g/mol. The van der Waals surface area contributed by atoms with Gasteiger partial charge in [0.05, 0.1) is 13.1 Å². The lowest BCUT2D eigenvalue weighted by Gasteiger charge is -2.37. The van der Waals surface area contributed by atoms with E-state index in [0.717, 1.165) is 11.3 Å². The van der Waals surface area contributed by atoms with Gasteiger partial charge in [-0.2, -0.15) is 0 Å². The van der Waals surface area contributed by atoms with E-state index < -0.39 is 24.9 Å². The second kappa shape index (κ2) is 3.84. The maximum Gasteiger partial charge on any atom is 0.282 e. The molecule has 0 saturated carbocycles. The predicted octanol–water partition coefficient (Wildman–Crippen LogP) is 0.600. The van der Waals surface area contributed by atoms with Gasteiger partial charge in [0, 0.05) is 25.2 Å². The molecule has 2 amide bonds. The van der Waals surface area contributed by atoms with Crippen LogP contribution in [-0.4, -0.2) is 47.2 Å². The summed E-state index contributed by atoms with van der Waals surface area (Å²) in [6.07, 6.45) is 3.83. The van der Waals surface area contributed by atoms with Crippen LogP contribution in [0.4, 0.5) is 8.78 Å². The molecule has 2 rings (SSSR count). The Morgan fingerprint density at radius 3 is 2.56 bits per heavy atom. The predicted molar refractivity (Wildman–Crippen MR) is 51.6 cm³/mol. The van der Waals surface area contributed by atoms with Crippen LogP contribution < -0.4 is 0 Å². The van der Waals surface area contributed by atoms with Crippen molar-refractivity contribution in [2.75, 3.05) is 19.6 Å². The van der Waals surface area contributed by atoms with E-state index >= 15 is 0 Å². The van der Waals surface area contributed by atoms with E-state index in [0.29, 0.717) is 13.0 Å². The van der Waals surface area contributed by atoms with Gasteiger partial charge >= 0.3 is 0 Å². The first-order chi connectivity index (χ1) is 7.48. The summed E-state index contributed by atoms with van der Waals surface area (Å²) in [4.78, 5) is 25.0. The highest BCUT2D eigenvalue weighted by molar-refractivity contribution is 5.89. The zero-order valence-electron chi connectivity index (χ0n) is 8.66. The summed E-state index contributed by atoms with van der Waals surface area (Å²) in [5.41, 5.74) is 0. The molecule has 2 aliphatic rings. The largest absolute Gasteiger partial charge is 0.327 e. The summed E-state index contributed by atoms with van der Waals surface area (Å²) in [6, 6.07) is 0. The molecule has 0 bridgehead atoms. The zero-order chi connectivity index (χ0) is 11.8. The summed E-state index contributed by atoms with van der Waals surface area (Å²) in [6.45, 7) is -0.451. The average Bonchev–Trinajstić information content (AvgIpc) is 2.56. The number of nitrogens with zero attached hydrogens (tertiary/aromatic N) is 2. The Kier molecular flexibility index (Phi) is 2.65. The maximum absolute atomic E-state index is 12.5. The molecule has 16 heavy (non-hydrogen) atoms. The van der Waals surface area contributed by atoms with E-state index in [1.165, 1.54) is 17.2 Å². The molecule has 88 valence electrons. The van der Waals surface area contributed by atoms with Crippen LogP contribution in [0.1, 0.15) is 12.8 Å². The molecule has 2 heterocycles. The molecule has 0 spiro atoms. The van der Waals surface area contributed by atoms with E-state index in [4.69, 9.17) is 0 Å². The number of rotatable bonds is 2. The van der Waals surface area contributed by atoms with Crippen molar-refractivity contribution >= 4 is 11.8 Å². The molecule has 0 aromatic rings. The summed E-state index contributed by atoms with van der Waals surface area (Å²) in [5, 5.41) is 0. The van der Waals surface area contributed by atoms with Gasteiger partial charge < -0.3 is 9.80 Å². The van der Waals surface area contributed by atoms with Gasteiger partial charge in [-0.15, -0.1) is 0 Å². The Morgan fingerprint density at radius 1 is 1.38 bits per heavy atom. The third kappa shape index (κ3) is 2.20. The number of likely N-dealkylation sites (tertiary alicyclic amines) is 2. The fourth-order valence-corrected chi connectivity index (χ4v) is 1.75. The van der Waals surface area contributed by atoms with Crippen molar-refractivity contribution in [2.24, 2.45) is 0 Å². The lowest BCUT2D eigenvalue weighted by Crippen LogP contribution is -2.58. The van der Waals surface area contributed by atoms with Gasteiger partial charge in [0.1, 0.15) is 0 Å². The topological polar surface area (TPSA) is 40.6 Å². The van der Waals surface area contributed by atoms with Gasteiger partial charge in [-0.1, -0.05) is 0 Å². The summed E-state index contributed by atoms with van der Waals surface area (Å²) in [5.74, 6) is -3.24. The van der Waals surface area contributed by atoms with Gasteiger partial charge in [0.15, 0.2) is 0 Å². The van der Waals surface area contributed by atoms with Gasteiger partial charge in [0.2, 0.25) is 11.8 Å². The highest BCUT2D eigenvalue weighted by Crippen LogP contribution is 2.26. The molecule has 0 aromatic carbocycles. The fraction of sp³-hybridized carbons (Fsp3) is 0.600. The molecule has 2 aliphatic heterocycles. The minimum Gasteiger partial charge on any atom is -0.327 e. The van der Waals surface area contributed by atoms with Crippen LogP contribution in [0.5, 0.6) is 0 Å². The highest BCUT2D eigenvalue weighted by atomic mass is 19.3. The van der Waals surface area contributed by atoms with Crippen molar-refractivity contribution in [1.82, 2.24) is 9.80 Å². The van der Waals surface area contributed by atoms with Crippen molar-refractivity contribution in [2.45, 2.75) is 18.8 Å². The van der Waals surface area contributed by atoms with Crippen molar-refractivity contribution in [3.05, 3.63) is 12.3 Å². The van der Waals surface area contributed by atoms with Crippen molar-refractivity contribution in [3.63, 3.8) is 0 Å². The Bertz CT molecular complexity index is 347. The van der Waals surface area contributed by atoms with E-state index in [9.17, 15) is 18.4 Å². The van der Waals surface area contributed by atoms with Gasteiger partial charge in [-0.3, -0.25) is 9.59 Å². The number of hydrogen-bond donors (Lipinski definition) is 0.